The van der Waals surface area contributed by atoms with Crippen LogP contribution in [-0.2, 0) is 0 Å². The molecule has 74 valence electrons. The zero-order valence-corrected chi connectivity index (χ0v) is 9.24. The van der Waals surface area contributed by atoms with Gasteiger partial charge in [0.2, 0.25) is 0 Å². The van der Waals surface area contributed by atoms with E-state index < -0.39 is 16.5 Å². The van der Waals surface area contributed by atoms with Crippen molar-refractivity contribution < 1.29 is 14.1 Å². The van der Waals surface area contributed by atoms with Gasteiger partial charge in [0, 0.05) is 6.07 Å². The van der Waals surface area contributed by atoms with Gasteiger partial charge in [-0.2, -0.15) is 0 Å². The zero-order chi connectivity index (χ0) is 10.9. The van der Waals surface area contributed by atoms with Crippen molar-refractivity contribution in [1.29, 1.82) is 0 Å². The molecule has 14 heavy (non-hydrogen) atoms. The van der Waals surface area contributed by atoms with Gasteiger partial charge in [0.05, 0.1) is 10.5 Å². The van der Waals surface area contributed by atoms with Crippen molar-refractivity contribution in [2.45, 2.75) is 6.92 Å². The van der Waals surface area contributed by atoms with E-state index in [0.717, 1.165) is 12.1 Å². The van der Waals surface area contributed by atoms with Gasteiger partial charge in [-0.3, -0.25) is 14.9 Å². The van der Waals surface area contributed by atoms with E-state index in [1.165, 1.54) is 6.92 Å². The minimum Gasteiger partial charge on any atom is -0.294 e. The number of nitro groups is 1. The van der Waals surface area contributed by atoms with Gasteiger partial charge in [-0.25, -0.2) is 4.39 Å². The van der Waals surface area contributed by atoms with Crippen LogP contribution >= 0.6 is 22.6 Å². The molecule has 0 fully saturated rings. The molecule has 4 nitrogen and oxygen atoms in total. The number of rotatable bonds is 2. The molecule has 0 N–H and O–H groups in total. The lowest BCUT2D eigenvalue weighted by atomic mass is 10.1. The van der Waals surface area contributed by atoms with E-state index in [4.69, 9.17) is 0 Å². The fourth-order valence-electron chi connectivity index (χ4n) is 1.01. The Hall–Kier alpha value is -1.05. The Bertz CT molecular complexity index is 419. The molecule has 0 aromatic heterocycles. The summed E-state index contributed by atoms with van der Waals surface area (Å²) in [5, 5.41) is 10.5. The molecule has 0 unspecified atom stereocenters. The van der Waals surface area contributed by atoms with E-state index in [9.17, 15) is 19.3 Å². The molecule has 1 aromatic carbocycles. The Labute approximate surface area is 92.4 Å². The highest BCUT2D eigenvalue weighted by atomic mass is 127. The molecule has 1 rings (SSSR count). The van der Waals surface area contributed by atoms with E-state index in [-0.39, 0.29) is 14.8 Å². The lowest BCUT2D eigenvalue weighted by Gasteiger charge is -2.02. The fourth-order valence-corrected chi connectivity index (χ4v) is 2.02. The summed E-state index contributed by atoms with van der Waals surface area (Å²) >= 11 is 1.59. The molecule has 0 aliphatic heterocycles. The lowest BCUT2D eigenvalue weighted by molar-refractivity contribution is -0.385. The Morgan fingerprint density at radius 2 is 2.14 bits per heavy atom. The Morgan fingerprint density at radius 3 is 2.57 bits per heavy atom. The molecule has 0 aliphatic rings. The first-order chi connectivity index (χ1) is 6.45. The normalized spacial score (nSPS) is 9.93. The first-order valence-corrected chi connectivity index (χ1v) is 4.66. The zero-order valence-electron chi connectivity index (χ0n) is 7.08. The summed E-state index contributed by atoms with van der Waals surface area (Å²) in [7, 11) is 0. The van der Waals surface area contributed by atoms with Crippen LogP contribution < -0.4 is 0 Å². The first kappa shape index (κ1) is 11.0. The van der Waals surface area contributed by atoms with Crippen molar-refractivity contribution in [3.05, 3.63) is 37.2 Å². The van der Waals surface area contributed by atoms with E-state index in [0.29, 0.717) is 0 Å². The van der Waals surface area contributed by atoms with Crippen molar-refractivity contribution in [3.8, 4) is 0 Å². The molecular weight excluding hydrogens is 304 g/mol. The van der Waals surface area contributed by atoms with Gasteiger partial charge >= 0.3 is 0 Å². The summed E-state index contributed by atoms with van der Waals surface area (Å²) < 4.78 is 13.1. The Kier molecular flexibility index (Phi) is 3.14. The summed E-state index contributed by atoms with van der Waals surface area (Å²) in [5.74, 6) is -1.25. The van der Waals surface area contributed by atoms with Gasteiger partial charge in [-0.15, -0.1) is 0 Å². The predicted molar refractivity (Wildman–Crippen MR) is 55.8 cm³/mol. The molecule has 0 heterocycles. The van der Waals surface area contributed by atoms with Crippen LogP contribution in [0.15, 0.2) is 12.1 Å². The molecule has 0 bridgehead atoms. The number of hydrogen-bond acceptors (Lipinski definition) is 3. The second-order valence-electron chi connectivity index (χ2n) is 2.57. The third-order valence-corrected chi connectivity index (χ3v) is 2.71. The van der Waals surface area contributed by atoms with Gasteiger partial charge < -0.3 is 0 Å². The highest BCUT2D eigenvalue weighted by molar-refractivity contribution is 14.1. The van der Waals surface area contributed by atoms with Crippen molar-refractivity contribution in [2.75, 3.05) is 0 Å². The van der Waals surface area contributed by atoms with Crippen molar-refractivity contribution in [1.82, 2.24) is 0 Å². The van der Waals surface area contributed by atoms with Gasteiger partial charge in [0.1, 0.15) is 9.39 Å². The van der Waals surface area contributed by atoms with Crippen LogP contribution in [0.3, 0.4) is 0 Å². The van der Waals surface area contributed by atoms with E-state index in [1.54, 1.807) is 22.6 Å². The SMILES string of the molecule is CC(=O)c1c(F)ccc([N+](=O)[O-])c1I. The van der Waals surface area contributed by atoms with E-state index in [2.05, 4.69) is 0 Å². The van der Waals surface area contributed by atoms with Crippen LogP contribution in [0.2, 0.25) is 0 Å². The smallest absolute Gasteiger partial charge is 0.283 e. The molecule has 0 atom stereocenters. The second-order valence-corrected chi connectivity index (χ2v) is 3.65. The van der Waals surface area contributed by atoms with Gasteiger partial charge in [-0.1, -0.05) is 0 Å². The molecule has 0 radical (unpaired) electrons. The monoisotopic (exact) mass is 309 g/mol. The third-order valence-electron chi connectivity index (χ3n) is 1.62. The lowest BCUT2D eigenvalue weighted by Crippen LogP contribution is -2.04. The van der Waals surface area contributed by atoms with Crippen LogP contribution in [0.5, 0.6) is 0 Å². The molecule has 0 saturated heterocycles. The number of ketones is 1. The maximum Gasteiger partial charge on any atom is 0.283 e. The van der Waals surface area contributed by atoms with Crippen LogP contribution in [0, 0.1) is 19.5 Å². The average Bonchev–Trinajstić information content (AvgIpc) is 2.02. The minimum atomic E-state index is -0.729. The van der Waals surface area contributed by atoms with Gasteiger partial charge in [0.15, 0.2) is 5.78 Å². The van der Waals surface area contributed by atoms with Crippen LogP contribution in [-0.4, -0.2) is 10.7 Å². The van der Waals surface area contributed by atoms with Crippen molar-refractivity contribution in [2.24, 2.45) is 0 Å². The van der Waals surface area contributed by atoms with Gasteiger partial charge in [-0.05, 0) is 35.6 Å². The number of carbonyl (C=O) groups excluding carboxylic acids is 1. The molecule has 0 spiro atoms. The summed E-state index contributed by atoms with van der Waals surface area (Å²) in [6.45, 7) is 1.17. The number of halogens is 2. The number of hydrogen-bond donors (Lipinski definition) is 0. The fraction of sp³-hybridized carbons (Fsp3) is 0.125. The maximum atomic E-state index is 13.1. The van der Waals surface area contributed by atoms with Gasteiger partial charge in [0.25, 0.3) is 5.69 Å². The number of benzene rings is 1. The summed E-state index contributed by atoms with van der Waals surface area (Å²) in [4.78, 5) is 20.8. The largest absolute Gasteiger partial charge is 0.294 e. The standard InChI is InChI=1S/C8H5FINO3/c1-4(12)7-5(9)2-3-6(8(7)10)11(13)14/h2-3H,1H3. The summed E-state index contributed by atoms with van der Waals surface area (Å²) in [6.07, 6.45) is 0. The van der Waals surface area contributed by atoms with Crippen LogP contribution in [0.4, 0.5) is 10.1 Å². The summed E-state index contributed by atoms with van der Waals surface area (Å²) in [6, 6.07) is 1.97. The summed E-state index contributed by atoms with van der Waals surface area (Å²) in [5.41, 5.74) is -0.475. The number of carbonyl (C=O) groups is 1. The van der Waals surface area contributed by atoms with Crippen LogP contribution in [0.25, 0.3) is 0 Å². The topological polar surface area (TPSA) is 60.2 Å². The molecule has 0 amide bonds. The predicted octanol–water partition coefficient (Wildman–Crippen LogP) is 2.54. The maximum absolute atomic E-state index is 13.1. The minimum absolute atomic E-state index is 0.0418. The highest BCUT2D eigenvalue weighted by Gasteiger charge is 2.21. The van der Waals surface area contributed by atoms with Crippen molar-refractivity contribution in [3.63, 3.8) is 0 Å². The number of nitrogens with zero attached hydrogens (tertiary/aromatic N) is 1. The average molecular weight is 309 g/mol. The molecule has 0 saturated carbocycles. The second kappa shape index (κ2) is 3.99. The number of nitro benzene ring substituents is 1. The molecule has 0 aliphatic carbocycles. The number of Topliss-reactive ketones (excluding diaryl/α,β-unsaturated/α-hetero) is 1. The van der Waals surface area contributed by atoms with E-state index >= 15 is 0 Å². The van der Waals surface area contributed by atoms with E-state index in [1.807, 2.05) is 0 Å². The van der Waals surface area contributed by atoms with Crippen molar-refractivity contribution >= 4 is 34.1 Å². The molecule has 6 heteroatoms. The highest BCUT2D eigenvalue weighted by Crippen LogP contribution is 2.26. The quantitative estimate of drug-likeness (QED) is 0.365. The van der Waals surface area contributed by atoms with Crippen LogP contribution in [0.1, 0.15) is 17.3 Å². The Balaban J connectivity index is 3.49. The molecule has 1 aromatic rings. The Morgan fingerprint density at radius 1 is 1.57 bits per heavy atom. The first-order valence-electron chi connectivity index (χ1n) is 3.58. The molecular formula is C8H5FINO3. The third kappa shape index (κ3) is 1.89.